The van der Waals surface area contributed by atoms with Crippen LogP contribution in [0.25, 0.3) is 0 Å². The molecule has 2 aliphatic rings. The summed E-state index contributed by atoms with van der Waals surface area (Å²) < 4.78 is 23.7. The minimum Gasteiger partial charge on any atom is -0.316 e. The zero-order chi connectivity index (χ0) is 15.2. The molecule has 7 heteroatoms. The van der Waals surface area contributed by atoms with Crippen molar-refractivity contribution in [1.82, 2.24) is 0 Å². The third-order valence-electron chi connectivity index (χ3n) is 3.60. The molecule has 0 radical (unpaired) electrons. The monoisotopic (exact) mass is 324 g/mol. The lowest BCUT2D eigenvalue weighted by Gasteiger charge is -2.24. The number of aryl methyl sites for hydroxylation is 1. The van der Waals surface area contributed by atoms with Crippen LogP contribution in [0.1, 0.15) is 12.5 Å². The van der Waals surface area contributed by atoms with Gasteiger partial charge in [0, 0.05) is 17.9 Å². The Balaban J connectivity index is 2.05. The van der Waals surface area contributed by atoms with E-state index < -0.39 is 9.84 Å². The number of sulfone groups is 1. The van der Waals surface area contributed by atoms with Crippen molar-refractivity contribution in [1.29, 1.82) is 0 Å². The van der Waals surface area contributed by atoms with Crippen molar-refractivity contribution in [2.24, 2.45) is 4.99 Å². The van der Waals surface area contributed by atoms with Crippen LogP contribution in [0.15, 0.2) is 29.3 Å². The van der Waals surface area contributed by atoms with Crippen LogP contribution in [0.3, 0.4) is 0 Å². The van der Waals surface area contributed by atoms with Crippen molar-refractivity contribution in [3.63, 3.8) is 0 Å². The van der Waals surface area contributed by atoms with Gasteiger partial charge in [-0.25, -0.2) is 8.42 Å². The Morgan fingerprint density at radius 2 is 2.14 bits per heavy atom. The molecule has 1 amide bonds. The molecular weight excluding hydrogens is 308 g/mol. The van der Waals surface area contributed by atoms with Crippen molar-refractivity contribution in [3.05, 3.63) is 29.8 Å². The first-order valence-electron chi connectivity index (χ1n) is 6.68. The summed E-state index contributed by atoms with van der Waals surface area (Å²) in [5, 5.41) is 0.562. The first-order valence-corrected chi connectivity index (χ1v) is 9.38. The molecule has 2 atom stereocenters. The Kier molecular flexibility index (Phi) is 3.57. The van der Waals surface area contributed by atoms with Crippen LogP contribution in [0.5, 0.6) is 0 Å². The zero-order valence-electron chi connectivity index (χ0n) is 11.8. The van der Waals surface area contributed by atoms with Gasteiger partial charge in [0.1, 0.15) is 0 Å². The standard InChI is InChI=1S/C14H16N2O3S2/c1-9-4-3-5-11(6-9)16-12-7-21(18,19)8-13(12)20-14(16)15-10(2)17/h3-6,12-13H,7-8H2,1-2H3/t12-,13+/m1/s1. The van der Waals surface area contributed by atoms with Crippen LogP contribution < -0.4 is 4.90 Å². The number of hydrogen-bond acceptors (Lipinski definition) is 4. The van der Waals surface area contributed by atoms with Crippen molar-refractivity contribution in [2.45, 2.75) is 25.1 Å². The molecule has 1 aromatic carbocycles. The van der Waals surface area contributed by atoms with Gasteiger partial charge in [0.2, 0.25) is 5.91 Å². The number of carbonyl (C=O) groups is 1. The maximum Gasteiger partial charge on any atom is 0.244 e. The van der Waals surface area contributed by atoms with Gasteiger partial charge in [-0.3, -0.25) is 4.79 Å². The lowest BCUT2D eigenvalue weighted by Crippen LogP contribution is -2.37. The van der Waals surface area contributed by atoms with Crippen LogP contribution in [0.4, 0.5) is 5.69 Å². The van der Waals surface area contributed by atoms with Crippen LogP contribution in [-0.2, 0) is 14.6 Å². The molecule has 5 nitrogen and oxygen atoms in total. The molecule has 1 aromatic rings. The minimum absolute atomic E-state index is 0.0476. The van der Waals surface area contributed by atoms with E-state index in [1.165, 1.54) is 18.7 Å². The summed E-state index contributed by atoms with van der Waals surface area (Å²) in [4.78, 5) is 17.3. The van der Waals surface area contributed by atoms with Crippen molar-refractivity contribution in [2.75, 3.05) is 16.4 Å². The molecule has 0 N–H and O–H groups in total. The Morgan fingerprint density at radius 3 is 2.81 bits per heavy atom. The van der Waals surface area contributed by atoms with Gasteiger partial charge >= 0.3 is 0 Å². The molecule has 21 heavy (non-hydrogen) atoms. The predicted octanol–water partition coefficient (Wildman–Crippen LogP) is 1.62. The highest BCUT2D eigenvalue weighted by atomic mass is 32.2. The number of rotatable bonds is 1. The molecule has 0 saturated carbocycles. The van der Waals surface area contributed by atoms with E-state index in [1.54, 1.807) is 0 Å². The van der Waals surface area contributed by atoms with Crippen LogP contribution >= 0.6 is 11.8 Å². The molecule has 0 unspecified atom stereocenters. The molecule has 0 aromatic heterocycles. The summed E-state index contributed by atoms with van der Waals surface area (Å²) in [6.45, 7) is 3.39. The van der Waals surface area contributed by atoms with Crippen LogP contribution in [-0.4, -0.2) is 42.3 Å². The number of thioether (sulfide) groups is 1. The second-order valence-electron chi connectivity index (χ2n) is 5.42. The summed E-state index contributed by atoms with van der Waals surface area (Å²) in [5.74, 6) is 0.00915. The summed E-state index contributed by atoms with van der Waals surface area (Å²) in [7, 11) is -3.01. The molecule has 2 aliphatic heterocycles. The second kappa shape index (κ2) is 5.14. The van der Waals surface area contributed by atoms with Gasteiger partial charge in [0.15, 0.2) is 15.0 Å². The van der Waals surface area contributed by atoms with Crippen molar-refractivity contribution >= 4 is 38.4 Å². The van der Waals surface area contributed by atoms with Gasteiger partial charge in [-0.2, -0.15) is 4.99 Å². The third kappa shape index (κ3) is 2.85. The summed E-state index contributed by atoms with van der Waals surface area (Å²) in [6, 6.07) is 7.69. The minimum atomic E-state index is -3.01. The number of amidine groups is 1. The first-order chi connectivity index (χ1) is 9.85. The Labute approximate surface area is 128 Å². The molecule has 2 saturated heterocycles. The van der Waals surface area contributed by atoms with E-state index in [4.69, 9.17) is 0 Å². The van der Waals surface area contributed by atoms with Gasteiger partial charge in [-0.05, 0) is 24.6 Å². The largest absolute Gasteiger partial charge is 0.316 e. The number of nitrogens with zero attached hydrogens (tertiary/aromatic N) is 2. The molecule has 2 heterocycles. The number of carbonyl (C=O) groups excluding carboxylic acids is 1. The Hall–Kier alpha value is -1.34. The van der Waals surface area contributed by atoms with Gasteiger partial charge in [0.05, 0.1) is 17.5 Å². The highest BCUT2D eigenvalue weighted by Gasteiger charge is 2.49. The lowest BCUT2D eigenvalue weighted by molar-refractivity contribution is -0.115. The number of hydrogen-bond donors (Lipinski definition) is 0. The summed E-state index contributed by atoms with van der Waals surface area (Å²) in [6.07, 6.45) is 0. The van der Waals surface area contributed by atoms with Crippen molar-refractivity contribution in [3.8, 4) is 0 Å². The number of amides is 1. The van der Waals surface area contributed by atoms with Gasteiger partial charge in [-0.15, -0.1) is 0 Å². The Bertz CT molecular complexity index is 727. The number of benzene rings is 1. The van der Waals surface area contributed by atoms with E-state index in [9.17, 15) is 13.2 Å². The SMILES string of the molecule is CC(=O)N=C1S[C@H]2CS(=O)(=O)C[C@H]2N1c1cccc(C)c1. The van der Waals surface area contributed by atoms with E-state index >= 15 is 0 Å². The summed E-state index contributed by atoms with van der Waals surface area (Å²) in [5.41, 5.74) is 1.98. The molecule has 112 valence electrons. The molecule has 0 aliphatic carbocycles. The van der Waals surface area contributed by atoms with E-state index in [1.807, 2.05) is 36.1 Å². The van der Waals surface area contributed by atoms with E-state index in [2.05, 4.69) is 4.99 Å². The van der Waals surface area contributed by atoms with E-state index in [-0.39, 0.29) is 28.7 Å². The van der Waals surface area contributed by atoms with Gasteiger partial charge < -0.3 is 4.90 Å². The smallest absolute Gasteiger partial charge is 0.244 e. The quantitative estimate of drug-likeness (QED) is 0.785. The number of anilines is 1. The average molecular weight is 324 g/mol. The highest BCUT2D eigenvalue weighted by Crippen LogP contribution is 2.41. The average Bonchev–Trinajstić information content (AvgIpc) is 2.79. The van der Waals surface area contributed by atoms with Crippen molar-refractivity contribution < 1.29 is 13.2 Å². The molecular formula is C14H16N2O3S2. The maximum atomic E-state index is 11.9. The first kappa shape index (κ1) is 14.6. The maximum absolute atomic E-state index is 11.9. The summed E-state index contributed by atoms with van der Waals surface area (Å²) >= 11 is 1.40. The highest BCUT2D eigenvalue weighted by molar-refractivity contribution is 8.16. The molecule has 0 bridgehead atoms. The predicted molar refractivity (Wildman–Crippen MR) is 85.6 cm³/mol. The number of aliphatic imine (C=N–C) groups is 1. The Morgan fingerprint density at radius 1 is 1.38 bits per heavy atom. The number of fused-ring (bicyclic) bond motifs is 1. The normalized spacial score (nSPS) is 28.9. The molecule has 2 fully saturated rings. The van der Waals surface area contributed by atoms with Crippen LogP contribution in [0.2, 0.25) is 0 Å². The second-order valence-corrected chi connectivity index (χ2v) is 8.78. The van der Waals surface area contributed by atoms with E-state index in [0.717, 1.165) is 11.3 Å². The topological polar surface area (TPSA) is 66.8 Å². The van der Waals surface area contributed by atoms with Gasteiger partial charge in [-0.1, -0.05) is 23.9 Å². The lowest BCUT2D eigenvalue weighted by atomic mass is 10.1. The van der Waals surface area contributed by atoms with E-state index in [0.29, 0.717) is 5.17 Å². The van der Waals surface area contributed by atoms with Crippen LogP contribution in [0, 0.1) is 6.92 Å². The third-order valence-corrected chi connectivity index (χ3v) is 6.81. The molecule has 3 rings (SSSR count). The fourth-order valence-electron chi connectivity index (χ4n) is 2.78. The molecule has 0 spiro atoms. The zero-order valence-corrected chi connectivity index (χ0v) is 13.4. The fraction of sp³-hybridized carbons (Fsp3) is 0.429. The van der Waals surface area contributed by atoms with Gasteiger partial charge in [0.25, 0.3) is 0 Å². The fourth-order valence-corrected chi connectivity index (χ4v) is 6.74.